The molecule has 1 heterocycles. The van der Waals surface area contributed by atoms with Gasteiger partial charge in [0.05, 0.1) is 5.52 Å². The number of fused-ring (bicyclic) bond motifs is 1. The van der Waals surface area contributed by atoms with E-state index in [9.17, 15) is 9.59 Å². The van der Waals surface area contributed by atoms with Crippen LogP contribution in [0.1, 0.15) is 6.92 Å². The third kappa shape index (κ3) is 2.04. The average Bonchev–Trinajstić information content (AvgIpc) is 2.16. The van der Waals surface area contributed by atoms with Crippen LogP contribution in [-0.4, -0.2) is 11.0 Å². The van der Waals surface area contributed by atoms with Gasteiger partial charge in [0.25, 0.3) is 0 Å². The molecule has 0 unspecified atom stereocenters. The normalized spacial score (nSPS) is 10.2. The molecule has 0 aliphatic rings. The molecule has 2 aromatic rings. The molecule has 0 amide bonds. The fourth-order valence-electron chi connectivity index (χ4n) is 1.36. The van der Waals surface area contributed by atoms with Crippen LogP contribution in [0.25, 0.3) is 10.9 Å². The Hall–Kier alpha value is -2.10. The second-order valence-electron chi connectivity index (χ2n) is 3.17. The van der Waals surface area contributed by atoms with Crippen molar-refractivity contribution in [3.63, 3.8) is 0 Å². The third-order valence-electron chi connectivity index (χ3n) is 1.96. The van der Waals surface area contributed by atoms with Gasteiger partial charge in [0.1, 0.15) is 5.75 Å². The summed E-state index contributed by atoms with van der Waals surface area (Å²) in [5, 5.41) is 0.894. The lowest BCUT2D eigenvalue weighted by Crippen LogP contribution is -2.04. The number of H-pyrrole nitrogens is 1. The predicted octanol–water partition coefficient (Wildman–Crippen LogP) is 1.45. The summed E-state index contributed by atoms with van der Waals surface area (Å²) in [6.07, 6.45) is 0. The molecule has 1 N–H and O–H groups in total. The largest absolute Gasteiger partial charge is 0.427 e. The fourth-order valence-corrected chi connectivity index (χ4v) is 1.36. The first kappa shape index (κ1) is 9.45. The lowest BCUT2D eigenvalue weighted by atomic mass is 10.2. The van der Waals surface area contributed by atoms with Crippen molar-refractivity contribution in [1.29, 1.82) is 0 Å². The molecule has 76 valence electrons. The number of aromatic amines is 1. The zero-order valence-electron chi connectivity index (χ0n) is 8.11. The number of nitrogens with one attached hydrogen (secondary N) is 1. The number of hydrogen-bond acceptors (Lipinski definition) is 3. The van der Waals surface area contributed by atoms with Crippen molar-refractivity contribution >= 4 is 16.9 Å². The molecular weight excluding hydrogens is 194 g/mol. The Morgan fingerprint density at radius 1 is 1.27 bits per heavy atom. The third-order valence-corrected chi connectivity index (χ3v) is 1.96. The Balaban J connectivity index is 2.54. The number of pyridine rings is 1. The highest BCUT2D eigenvalue weighted by atomic mass is 16.5. The van der Waals surface area contributed by atoms with E-state index in [2.05, 4.69) is 4.98 Å². The first-order valence-electron chi connectivity index (χ1n) is 4.47. The van der Waals surface area contributed by atoms with E-state index in [4.69, 9.17) is 4.74 Å². The number of carbonyl (C=O) groups excluding carboxylic acids is 1. The highest BCUT2D eigenvalue weighted by molar-refractivity contribution is 5.80. The van der Waals surface area contributed by atoms with Crippen molar-refractivity contribution < 1.29 is 9.53 Å². The van der Waals surface area contributed by atoms with Crippen LogP contribution in [0.4, 0.5) is 0 Å². The zero-order chi connectivity index (χ0) is 10.8. The van der Waals surface area contributed by atoms with Crippen LogP contribution < -0.4 is 10.3 Å². The summed E-state index contributed by atoms with van der Waals surface area (Å²) < 4.78 is 4.90. The number of ether oxygens (including phenoxy) is 1. The van der Waals surface area contributed by atoms with E-state index >= 15 is 0 Å². The topological polar surface area (TPSA) is 59.2 Å². The molecule has 0 bridgehead atoms. The number of aromatic nitrogens is 1. The van der Waals surface area contributed by atoms with E-state index in [1.54, 1.807) is 24.3 Å². The van der Waals surface area contributed by atoms with Gasteiger partial charge in [0, 0.05) is 19.1 Å². The van der Waals surface area contributed by atoms with E-state index in [0.717, 1.165) is 5.39 Å². The Morgan fingerprint density at radius 2 is 2.00 bits per heavy atom. The van der Waals surface area contributed by atoms with Gasteiger partial charge in [-0.1, -0.05) is 0 Å². The summed E-state index contributed by atoms with van der Waals surface area (Å²) in [6, 6.07) is 8.25. The number of rotatable bonds is 1. The smallest absolute Gasteiger partial charge is 0.308 e. The molecule has 0 spiro atoms. The van der Waals surface area contributed by atoms with Crippen LogP contribution >= 0.6 is 0 Å². The first-order valence-corrected chi connectivity index (χ1v) is 4.47. The lowest BCUT2D eigenvalue weighted by molar-refractivity contribution is -0.131. The number of esters is 1. The number of hydrogen-bond donors (Lipinski definition) is 1. The van der Waals surface area contributed by atoms with E-state index < -0.39 is 0 Å². The molecule has 0 radical (unpaired) electrons. The Morgan fingerprint density at radius 3 is 2.73 bits per heavy atom. The molecule has 0 atom stereocenters. The van der Waals surface area contributed by atoms with Crippen molar-refractivity contribution in [2.75, 3.05) is 0 Å². The van der Waals surface area contributed by atoms with Crippen LogP contribution in [-0.2, 0) is 4.79 Å². The molecule has 0 saturated heterocycles. The maximum Gasteiger partial charge on any atom is 0.308 e. The zero-order valence-corrected chi connectivity index (χ0v) is 8.11. The van der Waals surface area contributed by atoms with Crippen molar-refractivity contribution in [2.45, 2.75) is 6.92 Å². The molecule has 4 heteroatoms. The van der Waals surface area contributed by atoms with Gasteiger partial charge >= 0.3 is 5.97 Å². The van der Waals surface area contributed by atoms with Gasteiger partial charge in [0.15, 0.2) is 0 Å². The molecule has 1 aromatic heterocycles. The van der Waals surface area contributed by atoms with Gasteiger partial charge in [-0.05, 0) is 23.6 Å². The summed E-state index contributed by atoms with van der Waals surface area (Å²) in [5.41, 5.74) is 0.476. The molecule has 0 saturated carbocycles. The highest BCUT2D eigenvalue weighted by Crippen LogP contribution is 2.17. The van der Waals surface area contributed by atoms with Gasteiger partial charge in [-0.2, -0.15) is 0 Å². The van der Waals surface area contributed by atoms with Gasteiger partial charge in [-0.15, -0.1) is 0 Å². The van der Waals surface area contributed by atoms with E-state index in [-0.39, 0.29) is 11.5 Å². The van der Waals surface area contributed by atoms with E-state index in [1.165, 1.54) is 13.0 Å². The van der Waals surface area contributed by atoms with Crippen LogP contribution in [0.3, 0.4) is 0 Å². The molecule has 2 rings (SSSR count). The van der Waals surface area contributed by atoms with Crippen LogP contribution in [0.5, 0.6) is 5.75 Å². The quantitative estimate of drug-likeness (QED) is 0.563. The minimum Gasteiger partial charge on any atom is -0.427 e. The minimum atomic E-state index is -0.382. The first-order chi connectivity index (χ1) is 7.15. The van der Waals surface area contributed by atoms with Gasteiger partial charge in [-0.3, -0.25) is 9.59 Å². The van der Waals surface area contributed by atoms with Crippen LogP contribution in [0.15, 0.2) is 35.1 Å². The molecule has 4 nitrogen and oxygen atoms in total. The van der Waals surface area contributed by atoms with Crippen molar-refractivity contribution in [1.82, 2.24) is 4.98 Å². The number of carbonyl (C=O) groups is 1. The maximum atomic E-state index is 11.1. The van der Waals surface area contributed by atoms with Gasteiger partial charge in [0.2, 0.25) is 5.56 Å². The van der Waals surface area contributed by atoms with Crippen molar-refractivity contribution in [2.24, 2.45) is 0 Å². The van der Waals surface area contributed by atoms with Crippen LogP contribution in [0.2, 0.25) is 0 Å². The van der Waals surface area contributed by atoms with E-state index in [0.29, 0.717) is 11.3 Å². The second kappa shape index (κ2) is 3.57. The Kier molecular flexibility index (Phi) is 2.25. The predicted molar refractivity (Wildman–Crippen MR) is 55.9 cm³/mol. The Bertz CT molecular complexity index is 571. The summed E-state index contributed by atoms with van der Waals surface area (Å²) in [4.78, 5) is 24.4. The molecule has 1 aromatic carbocycles. The molecule has 0 aliphatic carbocycles. The molecule has 0 aliphatic heterocycles. The summed E-state index contributed by atoms with van der Waals surface area (Å²) >= 11 is 0. The van der Waals surface area contributed by atoms with E-state index in [1.807, 2.05) is 0 Å². The standard InChI is InChI=1S/C11H9NO3/c1-7(13)15-9-4-2-8-3-5-11(14)12-10(8)6-9/h2-6H,1H3,(H,12,14). The van der Waals surface area contributed by atoms with Crippen molar-refractivity contribution in [3.05, 3.63) is 40.7 Å². The minimum absolute atomic E-state index is 0.178. The highest BCUT2D eigenvalue weighted by Gasteiger charge is 2.00. The van der Waals surface area contributed by atoms with Gasteiger partial charge < -0.3 is 9.72 Å². The second-order valence-corrected chi connectivity index (χ2v) is 3.17. The monoisotopic (exact) mass is 203 g/mol. The average molecular weight is 203 g/mol. The maximum absolute atomic E-state index is 11.1. The Labute approximate surface area is 85.5 Å². The number of benzene rings is 1. The summed E-state index contributed by atoms with van der Waals surface area (Å²) in [7, 11) is 0. The summed E-state index contributed by atoms with van der Waals surface area (Å²) in [5.74, 6) is 0.0458. The molecular formula is C11H9NO3. The van der Waals surface area contributed by atoms with Gasteiger partial charge in [-0.25, -0.2) is 0 Å². The fraction of sp³-hybridized carbons (Fsp3) is 0.0909. The molecule has 0 fully saturated rings. The lowest BCUT2D eigenvalue weighted by Gasteiger charge is -2.02. The van der Waals surface area contributed by atoms with Crippen molar-refractivity contribution in [3.8, 4) is 5.75 Å². The summed E-state index contributed by atoms with van der Waals surface area (Å²) in [6.45, 7) is 1.33. The molecule has 15 heavy (non-hydrogen) atoms. The SMILES string of the molecule is CC(=O)Oc1ccc2ccc(=O)[nH]c2c1. The van der Waals surface area contributed by atoms with Crippen LogP contribution in [0, 0.1) is 0 Å².